The molecule has 6 heteroatoms. The van der Waals surface area contributed by atoms with Crippen LogP contribution in [0.3, 0.4) is 0 Å². The average molecular weight is 442 g/mol. The van der Waals surface area contributed by atoms with Crippen LogP contribution in [0.25, 0.3) is 0 Å². The fourth-order valence-corrected chi connectivity index (χ4v) is 6.37. The van der Waals surface area contributed by atoms with Gasteiger partial charge in [-0.1, -0.05) is 25.1 Å². The minimum absolute atomic E-state index is 0.0793. The summed E-state index contributed by atoms with van der Waals surface area (Å²) in [6.07, 6.45) is 6.23. The Kier molecular flexibility index (Phi) is 6.80. The summed E-state index contributed by atoms with van der Waals surface area (Å²) in [5.74, 6) is 0.137. The minimum Gasteiger partial charge on any atom is -0.450 e. The van der Waals surface area contributed by atoms with Gasteiger partial charge in [-0.3, -0.25) is 4.79 Å². The van der Waals surface area contributed by atoms with E-state index < -0.39 is 0 Å². The van der Waals surface area contributed by atoms with Gasteiger partial charge < -0.3 is 19.4 Å². The first-order valence-electron chi connectivity index (χ1n) is 12.5. The summed E-state index contributed by atoms with van der Waals surface area (Å²) in [6.45, 7) is 11.3. The quantitative estimate of drug-likeness (QED) is 0.672. The highest BCUT2D eigenvalue weighted by molar-refractivity contribution is 5.94. The number of carbonyl (C=O) groups excluding carboxylic acids is 2. The van der Waals surface area contributed by atoms with Gasteiger partial charge >= 0.3 is 6.09 Å². The first-order valence-corrected chi connectivity index (χ1v) is 12.5. The molecular weight excluding hydrogens is 402 g/mol. The molecule has 2 saturated heterocycles. The number of hydrogen-bond donors (Lipinski definition) is 0. The molecule has 0 saturated carbocycles. The highest BCUT2D eigenvalue weighted by atomic mass is 16.6. The summed E-state index contributed by atoms with van der Waals surface area (Å²) in [5, 5.41) is 0. The zero-order valence-electron chi connectivity index (χ0n) is 20.2. The van der Waals surface area contributed by atoms with E-state index in [0.29, 0.717) is 12.6 Å². The lowest BCUT2D eigenvalue weighted by molar-refractivity contribution is -0.116. The molecule has 1 spiro atoms. The largest absolute Gasteiger partial charge is 0.450 e. The van der Waals surface area contributed by atoms with Crippen molar-refractivity contribution >= 4 is 17.7 Å². The summed E-state index contributed by atoms with van der Waals surface area (Å²) >= 11 is 0. The number of likely N-dealkylation sites (tertiary alicyclic amines) is 2. The maximum absolute atomic E-state index is 12.5. The molecule has 3 unspecified atom stereocenters. The van der Waals surface area contributed by atoms with Crippen molar-refractivity contribution in [2.24, 2.45) is 0 Å². The fraction of sp³-hybridized carbons (Fsp3) is 0.692. The van der Waals surface area contributed by atoms with E-state index in [1.807, 2.05) is 22.8 Å². The number of rotatable bonds is 5. The third kappa shape index (κ3) is 4.14. The number of benzene rings is 1. The standard InChI is InChI=1S/C26H39N3O3/c1-5-21(17-22-12-11-19(3)29(22)25(31)32-6-2)27-15-13-26(14-16-27)18-28(20(4)30)24-10-8-7-9-23(24)26/h7-10,19,21-22H,5-6,11-18H2,1-4H3. The molecule has 3 aliphatic heterocycles. The van der Waals surface area contributed by atoms with Gasteiger partial charge in [0.1, 0.15) is 0 Å². The summed E-state index contributed by atoms with van der Waals surface area (Å²) in [7, 11) is 0. The van der Waals surface area contributed by atoms with Crippen LogP contribution in [0.2, 0.25) is 0 Å². The Morgan fingerprint density at radius 2 is 1.88 bits per heavy atom. The van der Waals surface area contributed by atoms with Gasteiger partial charge in [-0.25, -0.2) is 4.79 Å². The second-order valence-corrected chi connectivity index (χ2v) is 9.92. The predicted octanol–water partition coefficient (Wildman–Crippen LogP) is 4.56. The van der Waals surface area contributed by atoms with Gasteiger partial charge in [0, 0.05) is 42.7 Å². The Morgan fingerprint density at radius 1 is 1.16 bits per heavy atom. The third-order valence-corrected chi connectivity index (χ3v) is 8.16. The molecule has 6 nitrogen and oxygen atoms in total. The van der Waals surface area contributed by atoms with E-state index in [1.165, 1.54) is 5.56 Å². The second-order valence-electron chi connectivity index (χ2n) is 9.92. The molecule has 2 amide bonds. The fourth-order valence-electron chi connectivity index (χ4n) is 6.37. The van der Waals surface area contributed by atoms with Crippen molar-refractivity contribution in [3.63, 3.8) is 0 Å². The molecule has 3 aliphatic rings. The highest BCUT2D eigenvalue weighted by Gasteiger charge is 2.46. The number of amides is 2. The SMILES string of the molecule is CCOC(=O)N1C(C)CCC1CC(CC)N1CCC2(CC1)CN(C(C)=O)c1ccccc12. The molecule has 1 aromatic rings. The third-order valence-electron chi connectivity index (χ3n) is 8.16. The van der Waals surface area contributed by atoms with Crippen LogP contribution >= 0.6 is 0 Å². The number of hydrogen-bond acceptors (Lipinski definition) is 4. The average Bonchev–Trinajstić information content (AvgIpc) is 3.31. The van der Waals surface area contributed by atoms with Crippen molar-refractivity contribution in [2.45, 2.75) is 89.8 Å². The Morgan fingerprint density at radius 3 is 2.53 bits per heavy atom. The van der Waals surface area contributed by atoms with E-state index in [-0.39, 0.29) is 29.5 Å². The zero-order valence-corrected chi connectivity index (χ0v) is 20.2. The van der Waals surface area contributed by atoms with E-state index in [4.69, 9.17) is 4.74 Å². The van der Waals surface area contributed by atoms with Gasteiger partial charge in [-0.05, 0) is 77.1 Å². The van der Waals surface area contributed by atoms with Crippen LogP contribution in [0.15, 0.2) is 24.3 Å². The van der Waals surface area contributed by atoms with Crippen molar-refractivity contribution in [1.82, 2.24) is 9.80 Å². The number of anilines is 1. The van der Waals surface area contributed by atoms with Crippen LogP contribution in [0.1, 0.15) is 71.8 Å². The molecule has 176 valence electrons. The second kappa shape index (κ2) is 9.42. The lowest BCUT2D eigenvalue weighted by atomic mass is 9.74. The maximum atomic E-state index is 12.5. The zero-order chi connectivity index (χ0) is 22.9. The first-order chi connectivity index (χ1) is 15.4. The van der Waals surface area contributed by atoms with Crippen molar-refractivity contribution < 1.29 is 14.3 Å². The maximum Gasteiger partial charge on any atom is 0.410 e. The van der Waals surface area contributed by atoms with Gasteiger partial charge in [-0.2, -0.15) is 0 Å². The number of piperidine rings is 1. The van der Waals surface area contributed by atoms with Crippen molar-refractivity contribution in [3.05, 3.63) is 29.8 Å². The van der Waals surface area contributed by atoms with Crippen molar-refractivity contribution in [1.29, 1.82) is 0 Å². The summed E-state index contributed by atoms with van der Waals surface area (Å²) in [4.78, 5) is 31.4. The van der Waals surface area contributed by atoms with Gasteiger partial charge in [0.15, 0.2) is 0 Å². The first kappa shape index (κ1) is 23.1. The smallest absolute Gasteiger partial charge is 0.410 e. The normalized spacial score (nSPS) is 25.8. The summed E-state index contributed by atoms with van der Waals surface area (Å²) in [6, 6.07) is 9.46. The van der Waals surface area contributed by atoms with Gasteiger partial charge in [0.05, 0.1) is 6.61 Å². The molecule has 4 rings (SSSR count). The number of fused-ring (bicyclic) bond motifs is 2. The molecule has 0 radical (unpaired) electrons. The van der Waals surface area contributed by atoms with E-state index in [9.17, 15) is 9.59 Å². The van der Waals surface area contributed by atoms with Crippen LogP contribution in [-0.2, 0) is 14.9 Å². The van der Waals surface area contributed by atoms with Crippen LogP contribution in [-0.4, -0.2) is 66.2 Å². The van der Waals surface area contributed by atoms with E-state index >= 15 is 0 Å². The molecule has 0 N–H and O–H groups in total. The van der Waals surface area contributed by atoms with Gasteiger partial charge in [-0.15, -0.1) is 0 Å². The van der Waals surface area contributed by atoms with E-state index in [2.05, 4.69) is 36.9 Å². The van der Waals surface area contributed by atoms with Crippen LogP contribution in [0, 0.1) is 0 Å². The van der Waals surface area contributed by atoms with Crippen molar-refractivity contribution in [3.8, 4) is 0 Å². The molecule has 3 atom stereocenters. The van der Waals surface area contributed by atoms with Crippen LogP contribution in [0.4, 0.5) is 10.5 Å². The molecule has 0 bridgehead atoms. The number of ether oxygens (including phenoxy) is 1. The summed E-state index contributed by atoms with van der Waals surface area (Å²) in [5.41, 5.74) is 2.53. The van der Waals surface area contributed by atoms with E-state index in [1.54, 1.807) is 6.92 Å². The number of nitrogens with zero attached hydrogens (tertiary/aromatic N) is 3. The topological polar surface area (TPSA) is 53.1 Å². The summed E-state index contributed by atoms with van der Waals surface area (Å²) < 4.78 is 5.35. The Bertz CT molecular complexity index is 833. The van der Waals surface area contributed by atoms with Gasteiger partial charge in [0.25, 0.3) is 0 Å². The van der Waals surface area contributed by atoms with Crippen molar-refractivity contribution in [2.75, 3.05) is 31.1 Å². The van der Waals surface area contributed by atoms with Gasteiger partial charge in [0.2, 0.25) is 5.91 Å². The molecular formula is C26H39N3O3. The Hall–Kier alpha value is -2.08. The Labute approximate surface area is 192 Å². The molecule has 3 heterocycles. The monoisotopic (exact) mass is 441 g/mol. The molecule has 1 aromatic carbocycles. The predicted molar refractivity (Wildman–Crippen MR) is 127 cm³/mol. The van der Waals surface area contributed by atoms with Crippen LogP contribution < -0.4 is 4.90 Å². The minimum atomic E-state index is -0.151. The number of para-hydroxylation sites is 1. The van der Waals surface area contributed by atoms with E-state index in [0.717, 1.165) is 63.8 Å². The molecule has 32 heavy (non-hydrogen) atoms. The lowest BCUT2D eigenvalue weighted by Gasteiger charge is -2.44. The highest BCUT2D eigenvalue weighted by Crippen LogP contribution is 2.47. The Balaban J connectivity index is 1.43. The van der Waals surface area contributed by atoms with Crippen LogP contribution in [0.5, 0.6) is 0 Å². The lowest BCUT2D eigenvalue weighted by Crippen LogP contribution is -2.51. The molecule has 0 aromatic heterocycles. The molecule has 2 fully saturated rings. The molecule has 0 aliphatic carbocycles. The number of carbonyl (C=O) groups is 2.